The molecule has 1 rings (SSSR count). The smallest absolute Gasteiger partial charge is 0.308 e. The number of hydrogen-bond acceptors (Lipinski definition) is 5. The molecule has 0 aliphatic rings. The highest BCUT2D eigenvalue weighted by Crippen LogP contribution is 2.32. The third-order valence-corrected chi connectivity index (χ3v) is 3.90. The molecule has 1 unspecified atom stereocenters. The van der Waals surface area contributed by atoms with E-state index in [1.165, 1.54) is 0 Å². The summed E-state index contributed by atoms with van der Waals surface area (Å²) in [5.74, 6) is -11.5. The van der Waals surface area contributed by atoms with Crippen LogP contribution >= 0.6 is 0 Å². The van der Waals surface area contributed by atoms with Crippen LogP contribution in [0.2, 0.25) is 0 Å². The maximum absolute atomic E-state index is 13.6. The fourth-order valence-corrected chi connectivity index (χ4v) is 2.17. The maximum Gasteiger partial charge on any atom is 0.308 e. The molecule has 1 aromatic carbocycles. The first-order valence-corrected chi connectivity index (χ1v) is 8.09. The van der Waals surface area contributed by atoms with Crippen molar-refractivity contribution in [2.24, 2.45) is 5.92 Å². The highest BCUT2D eigenvalue weighted by Gasteiger charge is 2.33. The van der Waals surface area contributed by atoms with Crippen molar-refractivity contribution >= 4 is 16.1 Å². The molecule has 1 N–H and O–H groups in total. The molecule has 0 amide bonds. The van der Waals surface area contributed by atoms with Gasteiger partial charge in [0, 0.05) is 0 Å². The summed E-state index contributed by atoms with van der Waals surface area (Å²) in [6.07, 6.45) is 0.496. The molecule has 11 heteroatoms. The van der Waals surface area contributed by atoms with E-state index in [2.05, 4.69) is 4.74 Å². The van der Waals surface area contributed by atoms with E-state index in [-0.39, 0.29) is 0 Å². The van der Waals surface area contributed by atoms with Gasteiger partial charge in [0.2, 0.25) is 11.6 Å². The number of benzene rings is 1. The molecule has 0 radical (unpaired) electrons. The Morgan fingerprint density at radius 3 is 2.00 bits per heavy atom. The summed E-state index contributed by atoms with van der Waals surface area (Å²) in [6.45, 7) is 2.22. The molecule has 0 aliphatic heterocycles. The van der Waals surface area contributed by atoms with Crippen LogP contribution in [0.1, 0.15) is 20.3 Å². The molecule has 0 spiro atoms. The monoisotopic (exact) mass is 374 g/mol. The average molecular weight is 374 g/mol. The molecule has 136 valence electrons. The Kier molecular flexibility index (Phi) is 6.55. The highest BCUT2D eigenvalue weighted by molar-refractivity contribution is 7.85. The van der Waals surface area contributed by atoms with Crippen molar-refractivity contribution in [1.82, 2.24) is 0 Å². The third kappa shape index (κ3) is 4.35. The van der Waals surface area contributed by atoms with E-state index in [0.29, 0.717) is 6.42 Å². The Morgan fingerprint density at radius 1 is 1.08 bits per heavy atom. The quantitative estimate of drug-likeness (QED) is 0.259. The molecular formula is C13H14F4O6S. The largest absolute Gasteiger partial charge is 0.484 e. The van der Waals surface area contributed by atoms with Gasteiger partial charge in [0.15, 0.2) is 22.3 Å². The van der Waals surface area contributed by atoms with Gasteiger partial charge in [-0.3, -0.25) is 9.35 Å². The van der Waals surface area contributed by atoms with Crippen LogP contribution in [-0.2, 0) is 19.6 Å². The van der Waals surface area contributed by atoms with E-state index >= 15 is 0 Å². The van der Waals surface area contributed by atoms with E-state index in [4.69, 9.17) is 9.29 Å². The standard InChI is InChI=1S/C13H14F4O6S/c1-3-6(2)13(18)23-5-4-22-11-7(14)9(16)12(24(19,20)21)10(17)8(11)15/h6H,3-5H2,1-2H3,(H,19,20,21). The Labute approximate surface area is 135 Å². The zero-order valence-electron chi connectivity index (χ0n) is 12.6. The molecule has 0 aromatic heterocycles. The van der Waals surface area contributed by atoms with E-state index in [9.17, 15) is 30.8 Å². The van der Waals surface area contributed by atoms with Crippen molar-refractivity contribution < 1.29 is 44.8 Å². The molecule has 6 nitrogen and oxygen atoms in total. The molecule has 0 heterocycles. The normalized spacial score (nSPS) is 12.8. The molecule has 1 aromatic rings. The van der Waals surface area contributed by atoms with Crippen molar-refractivity contribution in [3.05, 3.63) is 23.3 Å². The average Bonchev–Trinajstić information content (AvgIpc) is 2.50. The second kappa shape index (κ2) is 7.79. The van der Waals surface area contributed by atoms with E-state index in [1.807, 2.05) is 0 Å². The molecule has 24 heavy (non-hydrogen) atoms. The lowest BCUT2D eigenvalue weighted by molar-refractivity contribution is -0.148. The van der Waals surface area contributed by atoms with Gasteiger partial charge < -0.3 is 9.47 Å². The van der Waals surface area contributed by atoms with Crippen molar-refractivity contribution in [1.29, 1.82) is 0 Å². The highest BCUT2D eigenvalue weighted by atomic mass is 32.2. The zero-order chi connectivity index (χ0) is 18.7. The van der Waals surface area contributed by atoms with Gasteiger partial charge >= 0.3 is 16.1 Å². The van der Waals surface area contributed by atoms with Gasteiger partial charge in [-0.25, -0.2) is 8.78 Å². The summed E-state index contributed by atoms with van der Waals surface area (Å²) >= 11 is 0. The van der Waals surface area contributed by atoms with Crippen LogP contribution in [0.15, 0.2) is 4.90 Å². The number of hydrogen-bond donors (Lipinski definition) is 1. The maximum atomic E-state index is 13.6. The number of carbonyl (C=O) groups is 1. The Bertz CT molecular complexity index is 705. The minimum absolute atomic E-state index is 0.414. The summed E-state index contributed by atoms with van der Waals surface area (Å²) in [7, 11) is -5.53. The Morgan fingerprint density at radius 2 is 1.58 bits per heavy atom. The van der Waals surface area contributed by atoms with Crippen molar-refractivity contribution in [2.75, 3.05) is 13.2 Å². The summed E-state index contributed by atoms with van der Waals surface area (Å²) < 4.78 is 93.5. The number of esters is 1. The second-order valence-electron chi connectivity index (χ2n) is 4.71. The lowest BCUT2D eigenvalue weighted by Crippen LogP contribution is -2.19. The van der Waals surface area contributed by atoms with Gasteiger partial charge in [-0.05, 0) is 6.42 Å². The van der Waals surface area contributed by atoms with Gasteiger partial charge in [0.1, 0.15) is 13.2 Å². The second-order valence-corrected chi connectivity index (χ2v) is 6.07. The topological polar surface area (TPSA) is 89.9 Å². The fourth-order valence-electron chi connectivity index (χ4n) is 1.54. The number of rotatable bonds is 7. The van der Waals surface area contributed by atoms with Crippen molar-refractivity contribution in [2.45, 2.75) is 25.2 Å². The fraction of sp³-hybridized carbons (Fsp3) is 0.462. The van der Waals surface area contributed by atoms with Gasteiger partial charge in [-0.1, -0.05) is 13.8 Å². The minimum atomic E-state index is -5.53. The van der Waals surface area contributed by atoms with E-state index < -0.39 is 69.1 Å². The van der Waals surface area contributed by atoms with Crippen molar-refractivity contribution in [3.63, 3.8) is 0 Å². The van der Waals surface area contributed by atoms with E-state index in [0.717, 1.165) is 0 Å². The first-order chi connectivity index (χ1) is 11.0. The summed E-state index contributed by atoms with van der Waals surface area (Å²) in [5.41, 5.74) is 0. The van der Waals surface area contributed by atoms with Crippen molar-refractivity contribution in [3.8, 4) is 5.75 Å². The predicted octanol–water partition coefficient (Wildman–Crippen LogP) is 2.46. The lowest BCUT2D eigenvalue weighted by Gasteiger charge is -2.13. The minimum Gasteiger partial charge on any atom is -0.484 e. The van der Waals surface area contributed by atoms with Gasteiger partial charge in [-0.2, -0.15) is 17.2 Å². The molecule has 0 aliphatic carbocycles. The van der Waals surface area contributed by atoms with Gasteiger partial charge in [0.05, 0.1) is 5.92 Å². The third-order valence-electron chi connectivity index (χ3n) is 3.03. The van der Waals surface area contributed by atoms with Gasteiger partial charge in [-0.15, -0.1) is 0 Å². The molecule has 1 atom stereocenters. The summed E-state index contributed by atoms with van der Waals surface area (Å²) in [6, 6.07) is 0. The lowest BCUT2D eigenvalue weighted by atomic mass is 10.1. The van der Waals surface area contributed by atoms with Crippen LogP contribution in [0.25, 0.3) is 0 Å². The van der Waals surface area contributed by atoms with Crippen LogP contribution in [0.3, 0.4) is 0 Å². The summed E-state index contributed by atoms with van der Waals surface area (Å²) in [5, 5.41) is 0. The van der Waals surface area contributed by atoms with Crippen LogP contribution < -0.4 is 4.74 Å². The number of ether oxygens (including phenoxy) is 2. The first-order valence-electron chi connectivity index (χ1n) is 6.65. The SMILES string of the molecule is CCC(C)C(=O)OCCOc1c(F)c(F)c(S(=O)(=O)O)c(F)c1F. The molecule has 0 bridgehead atoms. The van der Waals surface area contributed by atoms with Crippen LogP contribution in [0.4, 0.5) is 17.6 Å². The molecule has 0 saturated heterocycles. The predicted molar refractivity (Wildman–Crippen MR) is 72.0 cm³/mol. The number of carbonyl (C=O) groups excluding carboxylic acids is 1. The van der Waals surface area contributed by atoms with Crippen LogP contribution in [0.5, 0.6) is 5.75 Å². The van der Waals surface area contributed by atoms with Gasteiger partial charge in [0.25, 0.3) is 0 Å². The molecule has 0 saturated carbocycles. The number of halogens is 4. The first kappa shape index (κ1) is 20.2. The Hall–Kier alpha value is -1.88. The summed E-state index contributed by atoms with van der Waals surface area (Å²) in [4.78, 5) is 9.18. The van der Waals surface area contributed by atoms with Crippen LogP contribution in [0, 0.1) is 29.2 Å². The van der Waals surface area contributed by atoms with E-state index in [1.54, 1.807) is 13.8 Å². The Balaban J connectivity index is 2.94. The molecular weight excluding hydrogens is 360 g/mol. The van der Waals surface area contributed by atoms with Crippen LogP contribution in [-0.4, -0.2) is 32.2 Å². The molecule has 0 fully saturated rings. The zero-order valence-corrected chi connectivity index (χ0v) is 13.4.